The van der Waals surface area contributed by atoms with Crippen LogP contribution in [0.4, 0.5) is 0 Å². The minimum atomic E-state index is 1.28. The van der Waals surface area contributed by atoms with Gasteiger partial charge in [0, 0.05) is 0 Å². The average molecular weight is 363 g/mol. The molecular weight excluding hydrogens is 336 g/mol. The summed E-state index contributed by atoms with van der Waals surface area (Å²) in [5.74, 6) is 0. The highest BCUT2D eigenvalue weighted by atomic mass is 14.2. The van der Waals surface area contributed by atoms with Gasteiger partial charge in [0.15, 0.2) is 0 Å². The van der Waals surface area contributed by atoms with E-state index in [4.69, 9.17) is 0 Å². The highest BCUT2D eigenvalue weighted by Crippen LogP contribution is 2.35. The number of hydrogen-bond donors (Lipinski definition) is 0. The molecular formula is C28H26. The second kappa shape index (κ2) is 7.48. The smallest absolute Gasteiger partial charge is 0.0149 e. The molecule has 0 aliphatic rings. The van der Waals surface area contributed by atoms with Crippen molar-refractivity contribution >= 4 is 0 Å². The summed E-state index contributed by atoms with van der Waals surface area (Å²) in [6.45, 7) is 8.84. The summed E-state index contributed by atoms with van der Waals surface area (Å²) in [4.78, 5) is 0. The molecule has 0 bridgehead atoms. The van der Waals surface area contributed by atoms with Gasteiger partial charge in [0.25, 0.3) is 0 Å². The van der Waals surface area contributed by atoms with Crippen LogP contribution in [0.2, 0.25) is 0 Å². The van der Waals surface area contributed by atoms with Crippen molar-refractivity contribution in [2.24, 2.45) is 0 Å². The molecule has 0 aliphatic carbocycles. The summed E-state index contributed by atoms with van der Waals surface area (Å²) in [6, 6.07) is 30.7. The Hall–Kier alpha value is -3.12. The quantitative estimate of drug-likeness (QED) is 0.347. The lowest BCUT2D eigenvalue weighted by atomic mass is 9.88. The molecule has 138 valence electrons. The molecule has 0 unspecified atom stereocenters. The van der Waals surface area contributed by atoms with E-state index >= 15 is 0 Å². The molecule has 0 saturated heterocycles. The Morgan fingerprint density at radius 1 is 0.429 bits per heavy atom. The van der Waals surface area contributed by atoms with Gasteiger partial charge in [-0.05, 0) is 77.8 Å². The predicted octanol–water partition coefficient (Wildman–Crippen LogP) is 7.92. The molecule has 0 aliphatic heterocycles. The fourth-order valence-electron chi connectivity index (χ4n) is 4.01. The van der Waals surface area contributed by atoms with Crippen molar-refractivity contribution < 1.29 is 0 Å². The Labute approximate surface area is 168 Å². The molecule has 4 aromatic rings. The van der Waals surface area contributed by atoms with Crippen molar-refractivity contribution in [2.45, 2.75) is 27.7 Å². The van der Waals surface area contributed by atoms with E-state index in [-0.39, 0.29) is 0 Å². The number of aryl methyl sites for hydroxylation is 2. The van der Waals surface area contributed by atoms with Crippen molar-refractivity contribution in [1.29, 1.82) is 0 Å². The molecule has 0 heteroatoms. The zero-order valence-corrected chi connectivity index (χ0v) is 17.1. The van der Waals surface area contributed by atoms with Crippen molar-refractivity contribution in [3.8, 4) is 33.4 Å². The summed E-state index contributed by atoms with van der Waals surface area (Å²) < 4.78 is 0. The molecule has 0 spiro atoms. The van der Waals surface area contributed by atoms with Crippen LogP contribution in [0.5, 0.6) is 0 Å². The second-order valence-corrected chi connectivity index (χ2v) is 7.68. The normalized spacial score (nSPS) is 10.9. The molecule has 0 amide bonds. The van der Waals surface area contributed by atoms with E-state index in [1.165, 1.54) is 55.6 Å². The topological polar surface area (TPSA) is 0 Å². The lowest BCUT2D eigenvalue weighted by Gasteiger charge is -2.16. The maximum atomic E-state index is 2.31. The molecule has 0 atom stereocenters. The van der Waals surface area contributed by atoms with Crippen LogP contribution < -0.4 is 0 Å². The van der Waals surface area contributed by atoms with Crippen LogP contribution in [-0.2, 0) is 0 Å². The first-order chi connectivity index (χ1) is 13.5. The van der Waals surface area contributed by atoms with Crippen LogP contribution in [0, 0.1) is 27.7 Å². The van der Waals surface area contributed by atoms with Crippen LogP contribution in [0.15, 0.2) is 84.9 Å². The van der Waals surface area contributed by atoms with Gasteiger partial charge in [-0.2, -0.15) is 0 Å². The molecule has 4 rings (SSSR count). The monoisotopic (exact) mass is 362 g/mol. The molecule has 0 saturated carbocycles. The first-order valence-electron chi connectivity index (χ1n) is 9.88. The van der Waals surface area contributed by atoms with Crippen LogP contribution in [0.3, 0.4) is 0 Å². The van der Waals surface area contributed by atoms with E-state index in [0.717, 1.165) is 0 Å². The third-order valence-corrected chi connectivity index (χ3v) is 5.74. The number of benzene rings is 4. The van der Waals surface area contributed by atoms with Crippen molar-refractivity contribution in [2.75, 3.05) is 0 Å². The van der Waals surface area contributed by atoms with Gasteiger partial charge in [-0.3, -0.25) is 0 Å². The lowest BCUT2D eigenvalue weighted by Crippen LogP contribution is -1.94. The number of rotatable bonds is 3. The van der Waals surface area contributed by atoms with E-state index in [1.54, 1.807) is 0 Å². The first-order valence-corrected chi connectivity index (χ1v) is 9.88. The van der Waals surface area contributed by atoms with E-state index in [9.17, 15) is 0 Å². The van der Waals surface area contributed by atoms with Gasteiger partial charge in [-0.1, -0.05) is 90.5 Å². The van der Waals surface area contributed by atoms with Crippen LogP contribution in [0.25, 0.3) is 33.4 Å². The third kappa shape index (κ3) is 3.39. The highest BCUT2D eigenvalue weighted by Gasteiger charge is 2.12. The Kier molecular flexibility index (Phi) is 4.88. The predicted molar refractivity (Wildman–Crippen MR) is 122 cm³/mol. The van der Waals surface area contributed by atoms with Crippen molar-refractivity contribution in [3.05, 3.63) is 107 Å². The molecule has 0 N–H and O–H groups in total. The third-order valence-electron chi connectivity index (χ3n) is 5.74. The fourth-order valence-corrected chi connectivity index (χ4v) is 4.01. The zero-order chi connectivity index (χ0) is 19.7. The largest absolute Gasteiger partial charge is 0.0622 e. The van der Waals surface area contributed by atoms with Gasteiger partial charge >= 0.3 is 0 Å². The zero-order valence-electron chi connectivity index (χ0n) is 17.1. The summed E-state index contributed by atoms with van der Waals surface area (Å²) in [6.07, 6.45) is 0. The van der Waals surface area contributed by atoms with Gasteiger partial charge in [0.05, 0.1) is 0 Å². The Morgan fingerprint density at radius 3 is 1.75 bits per heavy atom. The van der Waals surface area contributed by atoms with E-state index in [0.29, 0.717) is 0 Å². The van der Waals surface area contributed by atoms with Crippen molar-refractivity contribution in [3.63, 3.8) is 0 Å². The standard InChI is InChI=1S/C28H26/c1-19-9-8-12-24(17-19)25-13-14-26(20(2)18-25)28-16-15-27(21(3)22(28)4)23-10-6-5-7-11-23/h5-18H,1-4H3. The average Bonchev–Trinajstić information content (AvgIpc) is 2.71. The molecule has 0 fully saturated rings. The van der Waals surface area contributed by atoms with Crippen LogP contribution >= 0.6 is 0 Å². The minimum absolute atomic E-state index is 1.28. The maximum Gasteiger partial charge on any atom is -0.0149 e. The van der Waals surface area contributed by atoms with Gasteiger partial charge in [0.2, 0.25) is 0 Å². The first kappa shape index (κ1) is 18.3. The van der Waals surface area contributed by atoms with Gasteiger partial charge in [0.1, 0.15) is 0 Å². The molecule has 0 heterocycles. The SMILES string of the molecule is Cc1cccc(-c2ccc(-c3ccc(-c4ccccc4)c(C)c3C)c(C)c2)c1. The highest BCUT2D eigenvalue weighted by molar-refractivity contribution is 5.80. The van der Waals surface area contributed by atoms with Crippen molar-refractivity contribution in [1.82, 2.24) is 0 Å². The molecule has 4 aromatic carbocycles. The summed E-state index contributed by atoms with van der Waals surface area (Å²) in [7, 11) is 0. The van der Waals surface area contributed by atoms with Crippen LogP contribution in [-0.4, -0.2) is 0 Å². The van der Waals surface area contributed by atoms with Gasteiger partial charge < -0.3 is 0 Å². The molecule has 28 heavy (non-hydrogen) atoms. The number of hydrogen-bond acceptors (Lipinski definition) is 0. The summed E-state index contributed by atoms with van der Waals surface area (Å²) in [5.41, 5.74) is 13.1. The Bertz CT molecular complexity index is 1130. The van der Waals surface area contributed by atoms with Gasteiger partial charge in [-0.25, -0.2) is 0 Å². The maximum absolute atomic E-state index is 2.31. The Morgan fingerprint density at radius 2 is 1.04 bits per heavy atom. The van der Waals surface area contributed by atoms with E-state index in [2.05, 4.69) is 113 Å². The summed E-state index contributed by atoms with van der Waals surface area (Å²) >= 11 is 0. The minimum Gasteiger partial charge on any atom is -0.0622 e. The molecule has 0 radical (unpaired) electrons. The molecule has 0 nitrogen and oxygen atoms in total. The second-order valence-electron chi connectivity index (χ2n) is 7.68. The van der Waals surface area contributed by atoms with E-state index < -0.39 is 0 Å². The molecule has 0 aromatic heterocycles. The van der Waals surface area contributed by atoms with Gasteiger partial charge in [-0.15, -0.1) is 0 Å². The van der Waals surface area contributed by atoms with E-state index in [1.807, 2.05) is 0 Å². The lowest BCUT2D eigenvalue weighted by molar-refractivity contribution is 1.33. The Balaban J connectivity index is 1.76. The fraction of sp³-hybridized carbons (Fsp3) is 0.143. The van der Waals surface area contributed by atoms with Crippen LogP contribution in [0.1, 0.15) is 22.3 Å². The summed E-state index contributed by atoms with van der Waals surface area (Å²) in [5, 5.41) is 0.